The summed E-state index contributed by atoms with van der Waals surface area (Å²) in [6.45, 7) is 8.45. The number of nitrogens with one attached hydrogen (secondary N) is 1. The van der Waals surface area contributed by atoms with Gasteiger partial charge >= 0.3 is 0 Å². The van der Waals surface area contributed by atoms with Crippen LogP contribution < -0.4 is 14.2 Å². The highest BCUT2D eigenvalue weighted by Crippen LogP contribution is 2.28. The lowest BCUT2D eigenvalue weighted by Gasteiger charge is -2.15. The average Bonchev–Trinajstić information content (AvgIpc) is 2.61. The first kappa shape index (κ1) is 20.3. The van der Waals surface area contributed by atoms with E-state index in [2.05, 4.69) is 4.72 Å². The van der Waals surface area contributed by atoms with E-state index >= 15 is 0 Å². The molecule has 0 aromatic heterocycles. The van der Waals surface area contributed by atoms with E-state index in [1.807, 2.05) is 45.9 Å². The van der Waals surface area contributed by atoms with Crippen LogP contribution in [0.1, 0.15) is 36.5 Å². The van der Waals surface area contributed by atoms with E-state index in [9.17, 15) is 8.42 Å². The van der Waals surface area contributed by atoms with Crippen molar-refractivity contribution in [2.75, 3.05) is 20.3 Å². The molecule has 2 aromatic carbocycles. The molecular formula is C20H27NO4S. The Balaban J connectivity index is 2.03. The fraction of sp³-hybridized carbons (Fsp3) is 0.400. The fourth-order valence-corrected chi connectivity index (χ4v) is 3.68. The molecule has 1 N–H and O–H groups in total. The molecule has 2 aromatic rings. The first-order valence-electron chi connectivity index (χ1n) is 8.63. The molecule has 0 aliphatic carbocycles. The highest BCUT2D eigenvalue weighted by atomic mass is 32.2. The molecule has 0 fully saturated rings. The zero-order valence-electron chi connectivity index (χ0n) is 16.0. The third-order valence-corrected chi connectivity index (χ3v) is 5.80. The largest absolute Gasteiger partial charge is 0.496 e. The van der Waals surface area contributed by atoms with Gasteiger partial charge < -0.3 is 9.47 Å². The maximum absolute atomic E-state index is 12.5. The SMILES string of the molecule is COc1ccc(S(=O)(=O)NCCOc2cccc(C)c2C)cc1C(C)C. The Kier molecular flexibility index (Phi) is 6.67. The Hall–Kier alpha value is -2.05. The van der Waals surface area contributed by atoms with Gasteiger partial charge in [0, 0.05) is 6.54 Å². The van der Waals surface area contributed by atoms with Crippen LogP contribution in [0.25, 0.3) is 0 Å². The summed E-state index contributed by atoms with van der Waals surface area (Å²) in [7, 11) is -2.02. The van der Waals surface area contributed by atoms with Crippen molar-refractivity contribution in [3.63, 3.8) is 0 Å². The number of aryl methyl sites for hydroxylation is 1. The molecule has 0 saturated heterocycles. The van der Waals surface area contributed by atoms with E-state index in [1.54, 1.807) is 25.3 Å². The Morgan fingerprint density at radius 2 is 1.81 bits per heavy atom. The maximum Gasteiger partial charge on any atom is 0.240 e. The van der Waals surface area contributed by atoms with Gasteiger partial charge in [-0.1, -0.05) is 26.0 Å². The molecule has 0 aliphatic rings. The second-order valence-corrected chi connectivity index (χ2v) is 8.27. The summed E-state index contributed by atoms with van der Waals surface area (Å²) >= 11 is 0. The predicted octanol–water partition coefficient (Wildman–Crippen LogP) is 3.79. The molecular weight excluding hydrogens is 350 g/mol. The molecule has 2 rings (SSSR count). The summed E-state index contributed by atoms with van der Waals surface area (Å²) < 4.78 is 38.7. The molecule has 0 radical (unpaired) electrons. The number of methoxy groups -OCH3 is 1. The lowest BCUT2D eigenvalue weighted by Crippen LogP contribution is -2.28. The van der Waals surface area contributed by atoms with Crippen LogP contribution in [-0.4, -0.2) is 28.7 Å². The van der Waals surface area contributed by atoms with Gasteiger partial charge in [-0.3, -0.25) is 0 Å². The molecule has 142 valence electrons. The minimum Gasteiger partial charge on any atom is -0.496 e. The third-order valence-electron chi connectivity index (χ3n) is 4.34. The average molecular weight is 378 g/mol. The quantitative estimate of drug-likeness (QED) is 0.711. The van der Waals surface area contributed by atoms with Gasteiger partial charge in [0.15, 0.2) is 0 Å². The molecule has 0 heterocycles. The van der Waals surface area contributed by atoms with Gasteiger partial charge in [0.1, 0.15) is 18.1 Å². The summed E-state index contributed by atoms with van der Waals surface area (Å²) in [5, 5.41) is 0. The van der Waals surface area contributed by atoms with Crippen LogP contribution >= 0.6 is 0 Å². The molecule has 26 heavy (non-hydrogen) atoms. The molecule has 0 aliphatic heterocycles. The van der Waals surface area contributed by atoms with Crippen LogP contribution in [0.3, 0.4) is 0 Å². The highest BCUT2D eigenvalue weighted by molar-refractivity contribution is 7.89. The molecule has 0 saturated carbocycles. The second kappa shape index (κ2) is 8.56. The number of ether oxygens (including phenoxy) is 2. The van der Waals surface area contributed by atoms with Crippen LogP contribution in [0, 0.1) is 13.8 Å². The summed E-state index contributed by atoms with van der Waals surface area (Å²) in [6.07, 6.45) is 0. The van der Waals surface area contributed by atoms with Crippen molar-refractivity contribution >= 4 is 10.0 Å². The molecule has 0 spiro atoms. The summed E-state index contributed by atoms with van der Waals surface area (Å²) in [5.41, 5.74) is 3.07. The van der Waals surface area contributed by atoms with Crippen LogP contribution in [0.5, 0.6) is 11.5 Å². The topological polar surface area (TPSA) is 64.6 Å². The fourth-order valence-electron chi connectivity index (χ4n) is 2.63. The number of hydrogen-bond acceptors (Lipinski definition) is 4. The monoisotopic (exact) mass is 377 g/mol. The van der Waals surface area contributed by atoms with Crippen molar-refractivity contribution in [1.82, 2.24) is 4.72 Å². The Morgan fingerprint density at radius 1 is 1.08 bits per heavy atom. The molecule has 5 nitrogen and oxygen atoms in total. The van der Waals surface area contributed by atoms with Crippen LogP contribution in [0.15, 0.2) is 41.3 Å². The van der Waals surface area contributed by atoms with Gasteiger partial charge in [-0.25, -0.2) is 13.1 Å². The van der Waals surface area contributed by atoms with Crippen molar-refractivity contribution in [2.45, 2.75) is 38.5 Å². The van der Waals surface area contributed by atoms with Gasteiger partial charge in [-0.05, 0) is 60.7 Å². The van der Waals surface area contributed by atoms with Gasteiger partial charge in [-0.2, -0.15) is 0 Å². The normalized spacial score (nSPS) is 11.6. The van der Waals surface area contributed by atoms with Crippen molar-refractivity contribution in [3.8, 4) is 11.5 Å². The van der Waals surface area contributed by atoms with E-state index in [1.165, 1.54) is 0 Å². The molecule has 0 amide bonds. The summed E-state index contributed by atoms with van der Waals surface area (Å²) in [6, 6.07) is 10.7. The standard InChI is InChI=1S/C20H27NO4S/c1-14(2)18-13-17(9-10-20(18)24-5)26(22,23)21-11-12-25-19-8-6-7-15(3)16(19)4/h6-10,13-14,21H,11-12H2,1-5H3. The molecule has 6 heteroatoms. The Bertz CT molecular complexity index is 860. The maximum atomic E-state index is 12.5. The number of rotatable bonds is 8. The third kappa shape index (κ3) is 4.77. The van der Waals surface area contributed by atoms with Crippen LogP contribution in [0.2, 0.25) is 0 Å². The zero-order chi connectivity index (χ0) is 19.3. The Morgan fingerprint density at radius 3 is 2.46 bits per heavy atom. The van der Waals surface area contributed by atoms with Gasteiger partial charge in [0.25, 0.3) is 0 Å². The van der Waals surface area contributed by atoms with Gasteiger partial charge in [0.2, 0.25) is 10.0 Å². The smallest absolute Gasteiger partial charge is 0.240 e. The van der Waals surface area contributed by atoms with E-state index in [0.717, 1.165) is 22.4 Å². The summed E-state index contributed by atoms with van der Waals surface area (Å²) in [5.74, 6) is 1.63. The predicted molar refractivity (Wildman–Crippen MR) is 104 cm³/mol. The van der Waals surface area contributed by atoms with E-state index < -0.39 is 10.0 Å². The minimum atomic E-state index is -3.60. The molecule has 0 atom stereocenters. The molecule has 0 bridgehead atoms. The second-order valence-electron chi connectivity index (χ2n) is 6.50. The van der Waals surface area contributed by atoms with Crippen molar-refractivity contribution in [3.05, 3.63) is 53.1 Å². The first-order chi connectivity index (χ1) is 12.3. The van der Waals surface area contributed by atoms with E-state index in [0.29, 0.717) is 5.75 Å². The molecule has 0 unspecified atom stereocenters. The number of hydrogen-bond donors (Lipinski definition) is 1. The summed E-state index contributed by atoms with van der Waals surface area (Å²) in [4.78, 5) is 0.230. The van der Waals surface area contributed by atoms with E-state index in [-0.39, 0.29) is 24.0 Å². The Labute approximate surface area is 156 Å². The van der Waals surface area contributed by atoms with Crippen molar-refractivity contribution in [2.24, 2.45) is 0 Å². The zero-order valence-corrected chi connectivity index (χ0v) is 16.8. The number of benzene rings is 2. The van der Waals surface area contributed by atoms with Gasteiger partial charge in [0.05, 0.1) is 12.0 Å². The minimum absolute atomic E-state index is 0.160. The lowest BCUT2D eigenvalue weighted by atomic mass is 10.0. The number of sulfonamides is 1. The first-order valence-corrected chi connectivity index (χ1v) is 10.1. The lowest BCUT2D eigenvalue weighted by molar-refractivity contribution is 0.320. The highest BCUT2D eigenvalue weighted by Gasteiger charge is 2.17. The van der Waals surface area contributed by atoms with Crippen LogP contribution in [-0.2, 0) is 10.0 Å². The van der Waals surface area contributed by atoms with Crippen molar-refractivity contribution in [1.29, 1.82) is 0 Å². The van der Waals surface area contributed by atoms with Crippen LogP contribution in [0.4, 0.5) is 0 Å². The van der Waals surface area contributed by atoms with Crippen molar-refractivity contribution < 1.29 is 17.9 Å². The van der Waals surface area contributed by atoms with Gasteiger partial charge in [-0.15, -0.1) is 0 Å². The van der Waals surface area contributed by atoms with E-state index in [4.69, 9.17) is 9.47 Å².